The highest BCUT2D eigenvalue weighted by molar-refractivity contribution is 8.00. The molecule has 0 amide bonds. The van der Waals surface area contributed by atoms with Crippen LogP contribution in [0.5, 0.6) is 0 Å². The summed E-state index contributed by atoms with van der Waals surface area (Å²) in [6.45, 7) is 2.21. The number of carbonyl (C=O) groups is 1. The Kier molecular flexibility index (Phi) is 3.53. The number of cyclic esters (lactones) is 1. The van der Waals surface area contributed by atoms with Gasteiger partial charge in [0.25, 0.3) is 5.56 Å². The molecule has 1 aromatic carbocycles. The van der Waals surface area contributed by atoms with E-state index in [9.17, 15) is 14.0 Å². The Hall–Kier alpha value is -2.71. The van der Waals surface area contributed by atoms with Crippen molar-refractivity contribution in [3.05, 3.63) is 61.7 Å². The summed E-state index contributed by atoms with van der Waals surface area (Å²) in [7, 11) is 0. The van der Waals surface area contributed by atoms with E-state index in [1.165, 1.54) is 23.4 Å². The van der Waals surface area contributed by atoms with Crippen molar-refractivity contribution >= 4 is 28.6 Å². The first-order valence-electron chi connectivity index (χ1n) is 10.7. The highest BCUT2D eigenvalue weighted by atomic mass is 32.2. The molecule has 32 heavy (non-hydrogen) atoms. The van der Waals surface area contributed by atoms with Crippen LogP contribution in [-0.2, 0) is 40.3 Å². The van der Waals surface area contributed by atoms with Crippen molar-refractivity contribution in [2.24, 2.45) is 0 Å². The Labute approximate surface area is 186 Å². The zero-order valence-corrected chi connectivity index (χ0v) is 18.4. The Balaban J connectivity index is 1.50. The minimum absolute atomic E-state index is 0.0530. The molecule has 0 N–H and O–H groups in total. The van der Waals surface area contributed by atoms with Crippen molar-refractivity contribution in [3.63, 3.8) is 0 Å². The van der Waals surface area contributed by atoms with Crippen LogP contribution < -0.4 is 5.56 Å². The number of hydrogen-bond donors (Lipinski definition) is 0. The van der Waals surface area contributed by atoms with E-state index >= 15 is 0 Å². The number of thioether (sulfide) groups is 1. The molecule has 162 valence electrons. The number of hydrogen-bond acceptors (Lipinski definition) is 6. The SMILES string of the molecule is CSC12OC1c1cc3n(c(=O)c1COC2=O)Cc1c-3nc2cc(F)c(C)c3c2c1CCC3. The average Bonchev–Trinajstić information content (AvgIpc) is 3.45. The number of halogens is 1. The van der Waals surface area contributed by atoms with Gasteiger partial charge in [-0.2, -0.15) is 0 Å². The molecule has 7 rings (SSSR count). The van der Waals surface area contributed by atoms with E-state index in [-0.39, 0.29) is 18.0 Å². The summed E-state index contributed by atoms with van der Waals surface area (Å²) in [5, 5.41) is 1.05. The quantitative estimate of drug-likeness (QED) is 0.326. The van der Waals surface area contributed by atoms with Crippen LogP contribution in [-0.4, -0.2) is 26.7 Å². The average molecular weight is 450 g/mol. The number of aryl methyl sites for hydroxylation is 2. The molecule has 6 nitrogen and oxygen atoms in total. The van der Waals surface area contributed by atoms with E-state index in [1.807, 2.05) is 13.0 Å². The molecular formula is C24H19FN2O4S. The second kappa shape index (κ2) is 5.99. The Morgan fingerprint density at radius 2 is 2.00 bits per heavy atom. The Morgan fingerprint density at radius 1 is 1.19 bits per heavy atom. The highest BCUT2D eigenvalue weighted by Crippen LogP contribution is 2.59. The first-order chi connectivity index (χ1) is 15.4. The zero-order valence-electron chi connectivity index (χ0n) is 17.6. The van der Waals surface area contributed by atoms with E-state index in [2.05, 4.69) is 0 Å². The maximum atomic E-state index is 14.6. The van der Waals surface area contributed by atoms with Crippen molar-refractivity contribution < 1.29 is 18.7 Å². The topological polar surface area (TPSA) is 73.7 Å². The first-order valence-corrected chi connectivity index (χ1v) is 12.0. The largest absolute Gasteiger partial charge is 0.458 e. The number of pyridine rings is 2. The van der Waals surface area contributed by atoms with Gasteiger partial charge >= 0.3 is 5.97 Å². The van der Waals surface area contributed by atoms with Gasteiger partial charge < -0.3 is 14.0 Å². The van der Waals surface area contributed by atoms with Gasteiger partial charge in [0.2, 0.25) is 4.93 Å². The summed E-state index contributed by atoms with van der Waals surface area (Å²) in [5.74, 6) is -0.681. The van der Waals surface area contributed by atoms with Crippen molar-refractivity contribution in [2.45, 2.75) is 50.4 Å². The Morgan fingerprint density at radius 3 is 2.81 bits per heavy atom. The van der Waals surface area contributed by atoms with Gasteiger partial charge in [0.15, 0.2) is 0 Å². The summed E-state index contributed by atoms with van der Waals surface area (Å²) in [5.41, 5.74) is 7.03. The van der Waals surface area contributed by atoms with Crippen molar-refractivity contribution in [1.29, 1.82) is 0 Å². The number of aromatic nitrogens is 2. The van der Waals surface area contributed by atoms with Crippen LogP contribution in [0, 0.1) is 12.7 Å². The fraction of sp³-hybridized carbons (Fsp3) is 0.375. The summed E-state index contributed by atoms with van der Waals surface area (Å²) >= 11 is 1.29. The molecule has 0 radical (unpaired) electrons. The van der Waals surface area contributed by atoms with E-state index in [1.54, 1.807) is 10.8 Å². The summed E-state index contributed by atoms with van der Waals surface area (Å²) < 4.78 is 27.5. The summed E-state index contributed by atoms with van der Waals surface area (Å²) in [6.07, 6.45) is 3.98. The smallest absolute Gasteiger partial charge is 0.352 e. The molecule has 3 aliphatic heterocycles. The van der Waals surface area contributed by atoms with Crippen LogP contribution in [0.2, 0.25) is 0 Å². The third kappa shape index (κ3) is 2.12. The van der Waals surface area contributed by atoms with Gasteiger partial charge in [-0.15, -0.1) is 11.8 Å². The fourth-order valence-corrected chi connectivity index (χ4v) is 6.50. The maximum Gasteiger partial charge on any atom is 0.352 e. The lowest BCUT2D eigenvalue weighted by Gasteiger charge is -2.21. The van der Waals surface area contributed by atoms with Gasteiger partial charge in [0.05, 0.1) is 29.0 Å². The Bertz CT molecular complexity index is 1480. The number of ether oxygens (including phenoxy) is 2. The maximum absolute atomic E-state index is 14.6. The van der Waals surface area contributed by atoms with E-state index in [0.717, 1.165) is 41.5 Å². The number of carbonyl (C=O) groups excluding carboxylic acids is 1. The molecule has 1 fully saturated rings. The van der Waals surface area contributed by atoms with E-state index in [4.69, 9.17) is 14.5 Å². The summed E-state index contributed by atoms with van der Waals surface area (Å²) in [4.78, 5) is 29.7. The molecule has 1 saturated heterocycles. The third-order valence-corrected chi connectivity index (χ3v) is 8.55. The number of benzene rings is 1. The lowest BCUT2D eigenvalue weighted by atomic mass is 9.85. The van der Waals surface area contributed by atoms with Crippen LogP contribution in [0.25, 0.3) is 22.3 Å². The number of esters is 1. The molecule has 5 heterocycles. The second-order valence-corrected chi connectivity index (χ2v) is 9.94. The van der Waals surface area contributed by atoms with Crippen LogP contribution in [0.1, 0.15) is 45.9 Å². The standard InChI is InChI=1S/C24H19FN2O4S/c1-10-11-4-3-5-12-14-8-27-18(20(14)26-17(19(11)12)7-16(10)25)6-13-15(22(27)28)9-30-23(29)24(32-2)21(13)31-24/h6-7,21H,3-5,8-9H2,1-2H3. The lowest BCUT2D eigenvalue weighted by Crippen LogP contribution is -2.25. The molecule has 0 saturated carbocycles. The van der Waals surface area contributed by atoms with E-state index in [0.29, 0.717) is 34.4 Å². The first kappa shape index (κ1) is 18.8. The van der Waals surface area contributed by atoms with Crippen LogP contribution in [0.15, 0.2) is 16.9 Å². The predicted molar refractivity (Wildman–Crippen MR) is 117 cm³/mol. The molecule has 1 aliphatic carbocycles. The predicted octanol–water partition coefficient (Wildman–Crippen LogP) is 3.55. The van der Waals surface area contributed by atoms with Gasteiger partial charge in [0, 0.05) is 17.0 Å². The monoisotopic (exact) mass is 450 g/mol. The molecule has 2 aromatic heterocycles. The minimum atomic E-state index is -1.07. The number of epoxide rings is 1. The number of nitrogens with zero attached hydrogens (tertiary/aromatic N) is 2. The van der Waals surface area contributed by atoms with Gasteiger partial charge in [-0.1, -0.05) is 0 Å². The van der Waals surface area contributed by atoms with Crippen molar-refractivity contribution in [3.8, 4) is 11.4 Å². The molecule has 4 aliphatic rings. The second-order valence-electron chi connectivity index (χ2n) is 8.93. The molecular weight excluding hydrogens is 431 g/mol. The van der Waals surface area contributed by atoms with Crippen LogP contribution in [0.4, 0.5) is 4.39 Å². The number of fused-ring (bicyclic) bond motifs is 7. The van der Waals surface area contributed by atoms with Crippen molar-refractivity contribution in [1.82, 2.24) is 9.55 Å². The van der Waals surface area contributed by atoms with Crippen molar-refractivity contribution in [2.75, 3.05) is 6.26 Å². The van der Waals surface area contributed by atoms with E-state index < -0.39 is 17.0 Å². The molecule has 3 aromatic rings. The molecule has 0 spiro atoms. The van der Waals surface area contributed by atoms with Gasteiger partial charge in [0.1, 0.15) is 18.5 Å². The molecule has 2 unspecified atom stereocenters. The van der Waals surface area contributed by atoms with Gasteiger partial charge in [-0.3, -0.25) is 4.79 Å². The minimum Gasteiger partial charge on any atom is -0.458 e. The third-order valence-electron chi connectivity index (χ3n) is 7.46. The number of rotatable bonds is 1. The van der Waals surface area contributed by atoms with Gasteiger partial charge in [-0.25, -0.2) is 14.2 Å². The normalized spacial score (nSPS) is 24.3. The highest BCUT2D eigenvalue weighted by Gasteiger charge is 2.66. The molecule has 8 heteroatoms. The fourth-order valence-electron chi connectivity index (χ4n) is 5.75. The van der Waals surface area contributed by atoms with Crippen LogP contribution in [0.3, 0.4) is 0 Å². The zero-order chi connectivity index (χ0) is 21.9. The van der Waals surface area contributed by atoms with Gasteiger partial charge in [-0.05, 0) is 60.8 Å². The van der Waals surface area contributed by atoms with Crippen LogP contribution >= 0.6 is 11.8 Å². The summed E-state index contributed by atoms with van der Waals surface area (Å²) in [6, 6.07) is 3.44. The molecule has 0 bridgehead atoms. The molecule has 2 atom stereocenters. The lowest BCUT2D eigenvalue weighted by molar-refractivity contribution is -0.147.